The quantitative estimate of drug-likeness (QED) is 0.741. The Hall–Kier alpha value is -1.16. The maximum atomic E-state index is 8.95. The summed E-state index contributed by atoms with van der Waals surface area (Å²) in [7, 11) is 0. The second-order valence-corrected chi connectivity index (χ2v) is 5.94. The maximum absolute atomic E-state index is 8.95. The summed E-state index contributed by atoms with van der Waals surface area (Å²) in [6.07, 6.45) is 9.70. The molecule has 92 valence electrons. The molecule has 0 atom stereocenters. The summed E-state index contributed by atoms with van der Waals surface area (Å²) in [5.74, 6) is 0.716. The molecule has 0 aromatic carbocycles. The zero-order valence-electron chi connectivity index (χ0n) is 9.88. The van der Waals surface area contributed by atoms with E-state index in [4.69, 9.17) is 5.26 Å². The van der Waals surface area contributed by atoms with Gasteiger partial charge in [-0.3, -0.25) is 4.98 Å². The first-order valence-corrected chi connectivity index (χ1v) is 7.25. The van der Waals surface area contributed by atoms with Crippen molar-refractivity contribution in [2.75, 3.05) is 0 Å². The van der Waals surface area contributed by atoms with Crippen LogP contribution >= 0.6 is 22.6 Å². The SMILES string of the molecule is N#CC1CCC(c2nccn3ncc(I)c23)CC1. The Labute approximate surface area is 119 Å². The van der Waals surface area contributed by atoms with Gasteiger partial charge in [0.25, 0.3) is 0 Å². The largest absolute Gasteiger partial charge is 0.257 e. The molecule has 2 aromatic heterocycles. The van der Waals surface area contributed by atoms with Crippen LogP contribution in [0.3, 0.4) is 0 Å². The van der Waals surface area contributed by atoms with Crippen molar-refractivity contribution in [2.24, 2.45) is 5.92 Å². The van der Waals surface area contributed by atoms with Crippen molar-refractivity contribution in [3.05, 3.63) is 27.9 Å². The number of fused-ring (bicyclic) bond motifs is 1. The van der Waals surface area contributed by atoms with Gasteiger partial charge >= 0.3 is 0 Å². The lowest BCUT2D eigenvalue weighted by Gasteiger charge is -2.24. The monoisotopic (exact) mass is 352 g/mol. The van der Waals surface area contributed by atoms with E-state index in [1.54, 1.807) is 0 Å². The van der Waals surface area contributed by atoms with E-state index < -0.39 is 0 Å². The van der Waals surface area contributed by atoms with E-state index in [1.165, 1.54) is 0 Å². The third-order valence-corrected chi connectivity index (χ3v) is 4.50. The van der Waals surface area contributed by atoms with Gasteiger partial charge in [0.2, 0.25) is 0 Å². The van der Waals surface area contributed by atoms with E-state index in [1.807, 2.05) is 23.1 Å². The molecule has 4 nitrogen and oxygen atoms in total. The predicted molar refractivity (Wildman–Crippen MR) is 76.0 cm³/mol. The lowest BCUT2D eigenvalue weighted by Crippen LogP contribution is -2.14. The average molecular weight is 352 g/mol. The summed E-state index contributed by atoms with van der Waals surface area (Å²) < 4.78 is 3.05. The highest BCUT2D eigenvalue weighted by Crippen LogP contribution is 2.36. The molecule has 3 rings (SSSR count). The van der Waals surface area contributed by atoms with Crippen molar-refractivity contribution in [3.8, 4) is 6.07 Å². The molecule has 1 aliphatic carbocycles. The van der Waals surface area contributed by atoms with Gasteiger partial charge in [0.05, 0.1) is 21.5 Å². The summed E-state index contributed by atoms with van der Waals surface area (Å²) in [6.45, 7) is 0. The smallest absolute Gasteiger partial charge is 0.101 e. The Morgan fingerprint density at radius 2 is 2.11 bits per heavy atom. The normalized spacial score (nSPS) is 24.0. The van der Waals surface area contributed by atoms with Gasteiger partial charge in [-0.1, -0.05) is 0 Å². The number of hydrogen-bond donors (Lipinski definition) is 0. The highest BCUT2D eigenvalue weighted by atomic mass is 127. The highest BCUT2D eigenvalue weighted by Gasteiger charge is 2.25. The molecule has 5 heteroatoms. The number of nitrogens with zero attached hydrogens (tertiary/aromatic N) is 4. The van der Waals surface area contributed by atoms with Gasteiger partial charge < -0.3 is 0 Å². The molecule has 0 aliphatic heterocycles. The van der Waals surface area contributed by atoms with Crippen LogP contribution < -0.4 is 0 Å². The van der Waals surface area contributed by atoms with Gasteiger partial charge in [0.1, 0.15) is 5.52 Å². The Morgan fingerprint density at radius 3 is 2.83 bits per heavy atom. The van der Waals surface area contributed by atoms with Gasteiger partial charge in [-0.05, 0) is 48.3 Å². The van der Waals surface area contributed by atoms with Gasteiger partial charge in [0.15, 0.2) is 0 Å². The van der Waals surface area contributed by atoms with Gasteiger partial charge in [0, 0.05) is 24.2 Å². The van der Waals surface area contributed by atoms with Crippen molar-refractivity contribution in [3.63, 3.8) is 0 Å². The zero-order chi connectivity index (χ0) is 12.5. The topological polar surface area (TPSA) is 54.0 Å². The average Bonchev–Trinajstić information content (AvgIpc) is 2.81. The summed E-state index contributed by atoms with van der Waals surface area (Å²) >= 11 is 2.31. The fourth-order valence-corrected chi connectivity index (χ4v) is 3.37. The number of nitriles is 1. The van der Waals surface area contributed by atoms with E-state index in [0.717, 1.165) is 40.5 Å². The lowest BCUT2D eigenvalue weighted by atomic mass is 9.81. The van der Waals surface area contributed by atoms with E-state index >= 15 is 0 Å². The molecule has 0 unspecified atom stereocenters. The van der Waals surface area contributed by atoms with Crippen LogP contribution in [0.4, 0.5) is 0 Å². The van der Waals surface area contributed by atoms with Crippen LogP contribution in [0.15, 0.2) is 18.6 Å². The molecule has 0 bridgehead atoms. The first-order valence-electron chi connectivity index (χ1n) is 6.17. The van der Waals surface area contributed by atoms with Crippen molar-refractivity contribution in [1.29, 1.82) is 5.26 Å². The minimum Gasteiger partial charge on any atom is -0.257 e. The number of rotatable bonds is 1. The van der Waals surface area contributed by atoms with E-state index in [0.29, 0.717) is 5.92 Å². The first-order chi connectivity index (χ1) is 8.79. The van der Waals surface area contributed by atoms with Crippen LogP contribution in [0, 0.1) is 20.8 Å². The molecule has 1 fully saturated rings. The summed E-state index contributed by atoms with van der Waals surface area (Å²) in [4.78, 5) is 4.57. The predicted octanol–water partition coefficient (Wildman–Crippen LogP) is 3.13. The molecule has 0 radical (unpaired) electrons. The summed E-state index contributed by atoms with van der Waals surface area (Å²) in [6, 6.07) is 2.38. The van der Waals surface area contributed by atoms with E-state index in [-0.39, 0.29) is 5.92 Å². The van der Waals surface area contributed by atoms with Crippen molar-refractivity contribution in [2.45, 2.75) is 31.6 Å². The fraction of sp³-hybridized carbons (Fsp3) is 0.462. The number of aromatic nitrogens is 3. The molecule has 2 heterocycles. The Balaban J connectivity index is 1.96. The molecule has 1 aliphatic rings. The molecule has 18 heavy (non-hydrogen) atoms. The highest BCUT2D eigenvalue weighted by molar-refractivity contribution is 14.1. The van der Waals surface area contributed by atoms with Gasteiger partial charge in [-0.25, -0.2) is 4.52 Å². The second kappa shape index (κ2) is 4.84. The maximum Gasteiger partial charge on any atom is 0.101 e. The number of hydrogen-bond acceptors (Lipinski definition) is 3. The third kappa shape index (κ3) is 1.99. The Morgan fingerprint density at radius 1 is 1.33 bits per heavy atom. The lowest BCUT2D eigenvalue weighted by molar-refractivity contribution is 0.378. The molecule has 2 aromatic rings. The molecular weight excluding hydrogens is 339 g/mol. The fourth-order valence-electron chi connectivity index (χ4n) is 2.73. The minimum atomic E-state index is 0.241. The summed E-state index contributed by atoms with van der Waals surface area (Å²) in [5.41, 5.74) is 2.29. The molecule has 0 N–H and O–H groups in total. The van der Waals surface area contributed by atoms with Crippen molar-refractivity contribution in [1.82, 2.24) is 14.6 Å². The van der Waals surface area contributed by atoms with Crippen molar-refractivity contribution >= 4 is 28.1 Å². The van der Waals surface area contributed by atoms with Crippen LogP contribution in [0.5, 0.6) is 0 Å². The van der Waals surface area contributed by atoms with Crippen LogP contribution in [0.25, 0.3) is 5.52 Å². The minimum absolute atomic E-state index is 0.241. The Kier molecular flexibility index (Phi) is 3.20. The van der Waals surface area contributed by atoms with E-state index in [9.17, 15) is 0 Å². The van der Waals surface area contributed by atoms with Crippen LogP contribution in [0.1, 0.15) is 37.3 Å². The van der Waals surface area contributed by atoms with Crippen molar-refractivity contribution < 1.29 is 0 Å². The van der Waals surface area contributed by atoms with Crippen LogP contribution in [-0.2, 0) is 0 Å². The molecule has 0 saturated heterocycles. The van der Waals surface area contributed by atoms with Crippen LogP contribution in [0.2, 0.25) is 0 Å². The molecule has 1 saturated carbocycles. The molecule has 0 spiro atoms. The zero-order valence-corrected chi connectivity index (χ0v) is 12.0. The Bertz CT molecular complexity index is 605. The van der Waals surface area contributed by atoms with E-state index in [2.05, 4.69) is 38.7 Å². The number of halogens is 1. The van der Waals surface area contributed by atoms with Gasteiger partial charge in [-0.2, -0.15) is 10.4 Å². The first kappa shape index (κ1) is 11.9. The summed E-state index contributed by atoms with van der Waals surface area (Å²) in [5, 5.41) is 13.3. The van der Waals surface area contributed by atoms with Crippen LogP contribution in [-0.4, -0.2) is 14.6 Å². The molecule has 0 amide bonds. The second-order valence-electron chi connectivity index (χ2n) is 4.78. The van der Waals surface area contributed by atoms with Gasteiger partial charge in [-0.15, -0.1) is 0 Å². The third-order valence-electron chi connectivity index (χ3n) is 3.71. The molecular formula is C13H13IN4. The standard InChI is InChI=1S/C13H13IN4/c14-11-8-17-18-6-5-16-12(13(11)18)10-3-1-9(7-15)2-4-10/h5-6,8-10H,1-4H2.